The summed E-state index contributed by atoms with van der Waals surface area (Å²) in [5.41, 5.74) is -0.419. The van der Waals surface area contributed by atoms with Gasteiger partial charge in [0.2, 0.25) is 5.43 Å². The van der Waals surface area contributed by atoms with Crippen LogP contribution in [-0.4, -0.2) is 28.7 Å². The molecule has 1 aromatic carbocycles. The van der Waals surface area contributed by atoms with Crippen molar-refractivity contribution in [2.75, 3.05) is 13.2 Å². The minimum absolute atomic E-state index is 0.000739. The third-order valence-corrected chi connectivity index (χ3v) is 4.24. The Kier molecular flexibility index (Phi) is 3.45. The lowest BCUT2D eigenvalue weighted by atomic mass is 10.1. The number of pyridine rings is 1. The van der Waals surface area contributed by atoms with E-state index in [1.807, 2.05) is 0 Å². The fourth-order valence-electron chi connectivity index (χ4n) is 2.85. The van der Waals surface area contributed by atoms with Gasteiger partial charge in [-0.2, -0.15) is 0 Å². The standard InChI is InChI=1S/C17H14F2N2O3/c18-13-7-11-15(8-14(13)19)20(10-3-4-10)9-12(16(11)22)17(23)21-5-1-2-6-24-21/h1-2,7-10H,3-6H2. The number of rotatable bonds is 2. The quantitative estimate of drug-likeness (QED) is 0.794. The Hall–Kier alpha value is -2.54. The maximum Gasteiger partial charge on any atom is 0.283 e. The van der Waals surface area contributed by atoms with Gasteiger partial charge >= 0.3 is 0 Å². The SMILES string of the molecule is O=C(c1cn(C2CC2)c2cc(F)c(F)cc2c1=O)N1CC=CCO1. The zero-order chi connectivity index (χ0) is 16.8. The monoisotopic (exact) mass is 332 g/mol. The number of carbonyl (C=O) groups excluding carboxylic acids is 1. The molecule has 1 saturated carbocycles. The average Bonchev–Trinajstić information content (AvgIpc) is 3.42. The van der Waals surface area contributed by atoms with Gasteiger partial charge in [-0.3, -0.25) is 14.4 Å². The van der Waals surface area contributed by atoms with Gasteiger partial charge in [-0.15, -0.1) is 0 Å². The van der Waals surface area contributed by atoms with Gasteiger partial charge in [-0.05, 0) is 18.9 Å². The van der Waals surface area contributed by atoms with Crippen molar-refractivity contribution in [3.05, 3.63) is 57.9 Å². The largest absolute Gasteiger partial charge is 0.343 e. The summed E-state index contributed by atoms with van der Waals surface area (Å²) >= 11 is 0. The van der Waals surface area contributed by atoms with Gasteiger partial charge in [0.1, 0.15) is 5.56 Å². The molecule has 124 valence electrons. The van der Waals surface area contributed by atoms with Crippen LogP contribution in [0, 0.1) is 11.6 Å². The van der Waals surface area contributed by atoms with E-state index in [2.05, 4.69) is 0 Å². The van der Waals surface area contributed by atoms with E-state index in [0.717, 1.165) is 30.0 Å². The summed E-state index contributed by atoms with van der Waals surface area (Å²) in [5, 5.41) is 1.10. The molecule has 0 unspecified atom stereocenters. The van der Waals surface area contributed by atoms with Crippen molar-refractivity contribution in [1.29, 1.82) is 0 Å². The Labute approximate surface area is 135 Å². The van der Waals surface area contributed by atoms with E-state index in [9.17, 15) is 18.4 Å². The fourth-order valence-corrected chi connectivity index (χ4v) is 2.85. The Morgan fingerprint density at radius 2 is 1.92 bits per heavy atom. The summed E-state index contributed by atoms with van der Waals surface area (Å²) < 4.78 is 28.9. The van der Waals surface area contributed by atoms with Crippen LogP contribution >= 0.6 is 0 Å². The number of hydrogen-bond acceptors (Lipinski definition) is 3. The Morgan fingerprint density at radius 1 is 1.17 bits per heavy atom. The topological polar surface area (TPSA) is 51.5 Å². The van der Waals surface area contributed by atoms with Crippen molar-refractivity contribution in [1.82, 2.24) is 9.63 Å². The average molecular weight is 332 g/mol. The van der Waals surface area contributed by atoms with Gasteiger partial charge in [-0.25, -0.2) is 13.8 Å². The van der Waals surface area contributed by atoms with Crippen LogP contribution in [0.25, 0.3) is 10.9 Å². The number of halogens is 2. The number of aromatic nitrogens is 1. The molecule has 1 aliphatic heterocycles. The summed E-state index contributed by atoms with van der Waals surface area (Å²) in [7, 11) is 0. The lowest BCUT2D eigenvalue weighted by Gasteiger charge is -2.23. The second-order valence-corrected chi connectivity index (χ2v) is 5.93. The van der Waals surface area contributed by atoms with E-state index in [1.54, 1.807) is 16.7 Å². The van der Waals surface area contributed by atoms with Crippen molar-refractivity contribution in [3.63, 3.8) is 0 Å². The molecule has 0 atom stereocenters. The molecule has 1 fully saturated rings. The van der Waals surface area contributed by atoms with Crippen molar-refractivity contribution in [2.45, 2.75) is 18.9 Å². The van der Waals surface area contributed by atoms with E-state index < -0.39 is 23.0 Å². The predicted octanol–water partition coefficient (Wildman–Crippen LogP) is 2.56. The van der Waals surface area contributed by atoms with Gasteiger partial charge in [0.15, 0.2) is 11.6 Å². The normalized spacial score (nSPS) is 17.5. The van der Waals surface area contributed by atoms with Crippen LogP contribution in [0.4, 0.5) is 8.78 Å². The smallest absolute Gasteiger partial charge is 0.283 e. The summed E-state index contributed by atoms with van der Waals surface area (Å²) in [6.07, 6.45) is 6.70. The van der Waals surface area contributed by atoms with Crippen LogP contribution in [-0.2, 0) is 4.84 Å². The van der Waals surface area contributed by atoms with Crippen LogP contribution in [0.5, 0.6) is 0 Å². The number of hydroxylamine groups is 2. The van der Waals surface area contributed by atoms with Crippen molar-refractivity contribution >= 4 is 16.8 Å². The number of carbonyl (C=O) groups is 1. The van der Waals surface area contributed by atoms with Crippen LogP contribution in [0.1, 0.15) is 29.2 Å². The van der Waals surface area contributed by atoms with E-state index in [1.165, 1.54) is 6.20 Å². The number of hydrogen-bond donors (Lipinski definition) is 0. The highest BCUT2D eigenvalue weighted by Gasteiger charge is 2.29. The van der Waals surface area contributed by atoms with Crippen LogP contribution in [0.3, 0.4) is 0 Å². The molecule has 4 rings (SSSR count). The molecule has 0 N–H and O–H groups in total. The van der Waals surface area contributed by atoms with Gasteiger partial charge in [-0.1, -0.05) is 12.2 Å². The Morgan fingerprint density at radius 3 is 2.58 bits per heavy atom. The van der Waals surface area contributed by atoms with E-state index in [0.29, 0.717) is 5.52 Å². The molecule has 0 spiro atoms. The summed E-state index contributed by atoms with van der Waals surface area (Å²) in [4.78, 5) is 30.5. The molecule has 1 amide bonds. The number of nitrogens with zero attached hydrogens (tertiary/aromatic N) is 2. The second-order valence-electron chi connectivity index (χ2n) is 5.93. The van der Waals surface area contributed by atoms with Gasteiger partial charge in [0.05, 0.1) is 18.7 Å². The highest BCUT2D eigenvalue weighted by Crippen LogP contribution is 2.37. The van der Waals surface area contributed by atoms with Gasteiger partial charge in [0.25, 0.3) is 5.91 Å². The van der Waals surface area contributed by atoms with Crippen LogP contribution in [0.15, 0.2) is 35.3 Å². The molecule has 2 heterocycles. The third kappa shape index (κ3) is 2.41. The minimum Gasteiger partial charge on any atom is -0.343 e. The highest BCUT2D eigenvalue weighted by molar-refractivity contribution is 5.97. The minimum atomic E-state index is -1.11. The maximum absolute atomic E-state index is 13.6. The highest BCUT2D eigenvalue weighted by atomic mass is 19.2. The molecule has 0 radical (unpaired) electrons. The first-order valence-corrected chi connectivity index (χ1v) is 7.70. The number of fused-ring (bicyclic) bond motifs is 1. The van der Waals surface area contributed by atoms with E-state index in [4.69, 9.17) is 4.84 Å². The predicted molar refractivity (Wildman–Crippen MR) is 82.5 cm³/mol. The second kappa shape index (κ2) is 5.52. The molecule has 1 aromatic heterocycles. The molecule has 2 aliphatic rings. The fraction of sp³-hybridized carbons (Fsp3) is 0.294. The molecule has 7 heteroatoms. The molecule has 2 aromatic rings. The lowest BCUT2D eigenvalue weighted by molar-refractivity contribution is -0.110. The molecule has 1 aliphatic carbocycles. The maximum atomic E-state index is 13.6. The van der Waals surface area contributed by atoms with Gasteiger partial charge < -0.3 is 4.57 Å². The Balaban J connectivity index is 1.91. The van der Waals surface area contributed by atoms with Crippen molar-refractivity contribution in [3.8, 4) is 0 Å². The molecule has 0 bridgehead atoms. The number of amides is 1. The third-order valence-electron chi connectivity index (χ3n) is 4.24. The first kappa shape index (κ1) is 15.0. The summed E-state index contributed by atoms with van der Waals surface area (Å²) in [6.45, 7) is 0.480. The first-order chi connectivity index (χ1) is 11.6. The first-order valence-electron chi connectivity index (χ1n) is 7.70. The van der Waals surface area contributed by atoms with Crippen molar-refractivity contribution < 1.29 is 18.4 Å². The zero-order valence-corrected chi connectivity index (χ0v) is 12.7. The van der Waals surface area contributed by atoms with Crippen LogP contribution < -0.4 is 5.43 Å². The number of benzene rings is 1. The Bertz CT molecular complexity index is 932. The zero-order valence-electron chi connectivity index (χ0n) is 12.7. The molecule has 0 saturated heterocycles. The van der Waals surface area contributed by atoms with E-state index >= 15 is 0 Å². The van der Waals surface area contributed by atoms with E-state index in [-0.39, 0.29) is 30.1 Å². The molecular weight excluding hydrogens is 318 g/mol. The molecular formula is C17H14F2N2O3. The summed E-state index contributed by atoms with van der Waals surface area (Å²) in [5.74, 6) is -2.70. The van der Waals surface area contributed by atoms with Crippen molar-refractivity contribution in [2.24, 2.45) is 0 Å². The lowest BCUT2D eigenvalue weighted by Crippen LogP contribution is -2.36. The van der Waals surface area contributed by atoms with Gasteiger partial charge in [0, 0.05) is 23.7 Å². The van der Waals surface area contributed by atoms with Crippen LogP contribution in [0.2, 0.25) is 0 Å². The summed E-state index contributed by atoms with van der Waals surface area (Å²) in [6, 6.07) is 1.96. The molecule has 24 heavy (non-hydrogen) atoms. The molecule has 5 nitrogen and oxygen atoms in total.